The summed E-state index contributed by atoms with van der Waals surface area (Å²) in [5.41, 5.74) is 4.00. The van der Waals surface area contributed by atoms with E-state index in [0.29, 0.717) is 22.2 Å². The highest BCUT2D eigenvalue weighted by atomic mass is 32.2. The zero-order chi connectivity index (χ0) is 23.7. The van der Waals surface area contributed by atoms with Crippen LogP contribution in [-0.2, 0) is 24.7 Å². The molecule has 1 aliphatic rings. The highest BCUT2D eigenvalue weighted by Crippen LogP contribution is 2.31. The van der Waals surface area contributed by atoms with Crippen LogP contribution >= 0.6 is 11.8 Å². The first-order valence-corrected chi connectivity index (χ1v) is 11.9. The molecule has 1 aliphatic carbocycles. The van der Waals surface area contributed by atoms with E-state index in [-0.39, 0.29) is 17.2 Å². The van der Waals surface area contributed by atoms with Gasteiger partial charge in [-0.3, -0.25) is 14.3 Å². The van der Waals surface area contributed by atoms with Crippen LogP contribution in [0.2, 0.25) is 0 Å². The molecule has 170 valence electrons. The van der Waals surface area contributed by atoms with Gasteiger partial charge in [0, 0.05) is 12.7 Å². The fourth-order valence-corrected chi connectivity index (χ4v) is 5.05. The summed E-state index contributed by atoms with van der Waals surface area (Å²) >= 11 is 1.25. The summed E-state index contributed by atoms with van der Waals surface area (Å²) < 4.78 is 3.26. The highest BCUT2D eigenvalue weighted by molar-refractivity contribution is 8.00. The van der Waals surface area contributed by atoms with Crippen molar-refractivity contribution >= 4 is 23.4 Å². The molecule has 0 fully saturated rings. The van der Waals surface area contributed by atoms with Gasteiger partial charge in [0.15, 0.2) is 0 Å². The topological polar surface area (TPSA) is 92.7 Å². The minimum absolute atomic E-state index is 0.256. The molecule has 0 radical (unpaired) electrons. The van der Waals surface area contributed by atoms with Crippen molar-refractivity contribution in [2.24, 2.45) is 13.0 Å². The molecule has 8 heteroatoms. The second kappa shape index (κ2) is 9.28. The molecule has 1 N–H and O–H groups in total. The number of fused-ring (bicyclic) bond motifs is 1. The predicted molar refractivity (Wildman–Crippen MR) is 130 cm³/mol. The Bertz CT molecular complexity index is 1300. The summed E-state index contributed by atoms with van der Waals surface area (Å²) in [6, 6.07) is 13.4. The number of hydrogen-bond acceptors (Lipinski definition) is 5. The number of benzene rings is 1. The Hall–Kier alpha value is -3.31. The van der Waals surface area contributed by atoms with E-state index in [9.17, 15) is 14.9 Å². The SMILES string of the molecule is Cc1c(NC(=O)C(C)Sc2nc3c(cc2C#N)CC(C)CC3)c(=O)n(-c2ccccc2)n1C. The Kier molecular flexibility index (Phi) is 6.43. The monoisotopic (exact) mass is 461 g/mol. The Morgan fingerprint density at radius 3 is 2.76 bits per heavy atom. The van der Waals surface area contributed by atoms with E-state index in [2.05, 4.69) is 18.3 Å². The van der Waals surface area contributed by atoms with Crippen LogP contribution in [0.15, 0.2) is 46.2 Å². The predicted octanol–water partition coefficient (Wildman–Crippen LogP) is 4.00. The standard InChI is InChI=1S/C25H27N5O2S/c1-15-10-11-21-18(12-15)13-19(14-26)24(27-21)33-17(3)23(31)28-22-16(2)29(4)30(25(22)32)20-8-6-5-7-9-20/h5-9,13,15,17H,10-12H2,1-4H3,(H,28,31). The van der Waals surface area contributed by atoms with E-state index in [1.807, 2.05) is 36.4 Å². The molecule has 7 nitrogen and oxygen atoms in total. The number of thioether (sulfide) groups is 1. The number of amides is 1. The molecule has 2 heterocycles. The summed E-state index contributed by atoms with van der Waals surface area (Å²) in [6.45, 7) is 5.77. The van der Waals surface area contributed by atoms with Crippen LogP contribution in [0.1, 0.15) is 42.8 Å². The third kappa shape index (κ3) is 4.46. The molecule has 1 aromatic carbocycles. The molecule has 0 spiro atoms. The van der Waals surface area contributed by atoms with Crippen molar-refractivity contribution in [3.8, 4) is 11.8 Å². The zero-order valence-electron chi connectivity index (χ0n) is 19.3. The number of carbonyl (C=O) groups is 1. The minimum Gasteiger partial charge on any atom is -0.319 e. The van der Waals surface area contributed by atoms with E-state index in [0.717, 1.165) is 36.2 Å². The van der Waals surface area contributed by atoms with Crippen LogP contribution in [0.3, 0.4) is 0 Å². The lowest BCUT2D eigenvalue weighted by molar-refractivity contribution is -0.115. The molecule has 2 unspecified atom stereocenters. The maximum atomic E-state index is 13.1. The Morgan fingerprint density at radius 1 is 1.33 bits per heavy atom. The smallest absolute Gasteiger partial charge is 0.295 e. The molecule has 4 rings (SSSR count). The average molecular weight is 462 g/mol. The number of carbonyl (C=O) groups excluding carboxylic acids is 1. The number of rotatable bonds is 5. The van der Waals surface area contributed by atoms with Gasteiger partial charge in [-0.1, -0.05) is 36.9 Å². The quantitative estimate of drug-likeness (QED) is 0.580. The molecular weight excluding hydrogens is 434 g/mol. The molecular formula is C25H27N5O2S. The van der Waals surface area contributed by atoms with Gasteiger partial charge in [0.25, 0.3) is 5.56 Å². The number of aryl methyl sites for hydroxylation is 1. The van der Waals surface area contributed by atoms with Crippen molar-refractivity contribution in [3.05, 3.63) is 69.3 Å². The molecule has 0 aliphatic heterocycles. The molecule has 3 aromatic rings. The number of aromatic nitrogens is 3. The number of nitriles is 1. The summed E-state index contributed by atoms with van der Waals surface area (Å²) in [5, 5.41) is 12.5. The third-order valence-electron chi connectivity index (χ3n) is 6.18. The van der Waals surface area contributed by atoms with Crippen molar-refractivity contribution < 1.29 is 4.79 Å². The lowest BCUT2D eigenvalue weighted by Gasteiger charge is -2.22. The fourth-order valence-electron chi connectivity index (χ4n) is 4.16. The molecule has 0 saturated heterocycles. The second-order valence-electron chi connectivity index (χ2n) is 8.59. The summed E-state index contributed by atoms with van der Waals surface area (Å²) in [5.74, 6) is 0.283. The second-order valence-corrected chi connectivity index (χ2v) is 9.92. The lowest BCUT2D eigenvalue weighted by atomic mass is 9.87. The number of pyridine rings is 1. The molecule has 0 bridgehead atoms. The van der Waals surface area contributed by atoms with E-state index < -0.39 is 5.25 Å². The third-order valence-corrected chi connectivity index (χ3v) is 7.28. The number of nitrogens with one attached hydrogen (secondary N) is 1. The van der Waals surface area contributed by atoms with Crippen molar-refractivity contribution in [3.63, 3.8) is 0 Å². The van der Waals surface area contributed by atoms with E-state index in [4.69, 9.17) is 4.98 Å². The van der Waals surface area contributed by atoms with Crippen molar-refractivity contribution in [2.75, 3.05) is 5.32 Å². The largest absolute Gasteiger partial charge is 0.319 e. The maximum Gasteiger partial charge on any atom is 0.295 e. The zero-order valence-corrected chi connectivity index (χ0v) is 20.1. The Morgan fingerprint density at radius 2 is 2.06 bits per heavy atom. The van der Waals surface area contributed by atoms with Crippen molar-refractivity contribution in [1.82, 2.24) is 14.3 Å². The minimum atomic E-state index is -0.533. The summed E-state index contributed by atoms with van der Waals surface area (Å²) in [7, 11) is 1.79. The number of anilines is 1. The van der Waals surface area contributed by atoms with Gasteiger partial charge in [-0.2, -0.15) is 5.26 Å². The van der Waals surface area contributed by atoms with Crippen LogP contribution in [0.5, 0.6) is 0 Å². The van der Waals surface area contributed by atoms with Crippen LogP contribution in [0.25, 0.3) is 5.69 Å². The van der Waals surface area contributed by atoms with Crippen molar-refractivity contribution in [2.45, 2.75) is 50.3 Å². The van der Waals surface area contributed by atoms with Gasteiger partial charge < -0.3 is 5.32 Å². The molecule has 0 saturated carbocycles. The van der Waals surface area contributed by atoms with Crippen LogP contribution in [0, 0.1) is 24.2 Å². The van der Waals surface area contributed by atoms with Gasteiger partial charge in [0.05, 0.1) is 22.2 Å². The summed E-state index contributed by atoms with van der Waals surface area (Å²) in [4.78, 5) is 30.8. The van der Waals surface area contributed by atoms with Crippen LogP contribution < -0.4 is 10.9 Å². The summed E-state index contributed by atoms with van der Waals surface area (Å²) in [6.07, 6.45) is 2.89. The maximum absolute atomic E-state index is 13.1. The number of hydrogen-bond donors (Lipinski definition) is 1. The lowest BCUT2D eigenvalue weighted by Crippen LogP contribution is -2.27. The van der Waals surface area contributed by atoms with Gasteiger partial charge in [0.2, 0.25) is 5.91 Å². The first-order valence-electron chi connectivity index (χ1n) is 11.0. The molecule has 2 aromatic heterocycles. The molecule has 1 amide bonds. The van der Waals surface area contributed by atoms with E-state index in [1.54, 1.807) is 25.6 Å². The van der Waals surface area contributed by atoms with Crippen molar-refractivity contribution in [1.29, 1.82) is 5.26 Å². The number of nitrogens with zero attached hydrogens (tertiary/aromatic N) is 4. The van der Waals surface area contributed by atoms with E-state index >= 15 is 0 Å². The van der Waals surface area contributed by atoms with Crippen LogP contribution in [-0.4, -0.2) is 25.5 Å². The number of para-hydroxylation sites is 1. The molecule has 2 atom stereocenters. The van der Waals surface area contributed by atoms with Gasteiger partial charge in [0.1, 0.15) is 16.8 Å². The first kappa shape index (κ1) is 22.9. The Labute approximate surface area is 197 Å². The van der Waals surface area contributed by atoms with Gasteiger partial charge in [-0.05, 0) is 62.8 Å². The molecule has 33 heavy (non-hydrogen) atoms. The van der Waals surface area contributed by atoms with Gasteiger partial charge in [-0.25, -0.2) is 9.67 Å². The Balaban J connectivity index is 1.56. The first-order chi connectivity index (χ1) is 15.8. The van der Waals surface area contributed by atoms with Gasteiger partial charge in [-0.15, -0.1) is 0 Å². The van der Waals surface area contributed by atoms with E-state index in [1.165, 1.54) is 16.4 Å². The normalized spacial score (nSPS) is 16.0. The fraction of sp³-hybridized carbons (Fsp3) is 0.360. The highest BCUT2D eigenvalue weighted by Gasteiger charge is 2.24. The average Bonchev–Trinajstić information content (AvgIpc) is 3.02. The van der Waals surface area contributed by atoms with Gasteiger partial charge >= 0.3 is 0 Å². The van der Waals surface area contributed by atoms with Crippen LogP contribution in [0.4, 0.5) is 5.69 Å².